The van der Waals surface area contributed by atoms with Crippen LogP contribution < -0.4 is 16.0 Å². The molecule has 0 saturated heterocycles. The minimum atomic E-state index is -0.569. The van der Waals surface area contributed by atoms with Gasteiger partial charge in [-0.1, -0.05) is 37.8 Å². The summed E-state index contributed by atoms with van der Waals surface area (Å²) in [7, 11) is 0. The second-order valence-corrected chi connectivity index (χ2v) is 10.4. The molecule has 3 N–H and O–H groups in total. The van der Waals surface area contributed by atoms with Gasteiger partial charge >= 0.3 is 0 Å². The van der Waals surface area contributed by atoms with Crippen molar-refractivity contribution in [1.29, 1.82) is 0 Å². The molecule has 194 valence electrons. The number of aryl methyl sites for hydroxylation is 2. The van der Waals surface area contributed by atoms with Crippen LogP contribution in [-0.4, -0.2) is 34.0 Å². The molecule has 5 rings (SSSR count). The van der Waals surface area contributed by atoms with Gasteiger partial charge in [-0.15, -0.1) is 0 Å². The fourth-order valence-corrected chi connectivity index (χ4v) is 5.86. The van der Waals surface area contributed by atoms with E-state index in [4.69, 9.17) is 0 Å². The fourth-order valence-electron chi connectivity index (χ4n) is 5.86. The summed E-state index contributed by atoms with van der Waals surface area (Å²) >= 11 is 0. The number of nitrogens with one attached hydrogen (secondary N) is 3. The van der Waals surface area contributed by atoms with Crippen LogP contribution in [0.5, 0.6) is 0 Å². The summed E-state index contributed by atoms with van der Waals surface area (Å²) in [6.07, 6.45) is 10.3. The predicted molar refractivity (Wildman–Crippen MR) is 146 cm³/mol. The van der Waals surface area contributed by atoms with Crippen LogP contribution in [0.25, 0.3) is 11.1 Å². The monoisotopic (exact) mass is 499 g/mol. The Balaban J connectivity index is 1.34. The Bertz CT molecular complexity index is 1240. The highest BCUT2D eigenvalue weighted by Gasteiger charge is 2.32. The molecule has 7 heteroatoms. The van der Waals surface area contributed by atoms with Gasteiger partial charge in [-0.3, -0.25) is 14.6 Å². The maximum Gasteiger partial charge on any atom is 0.253 e. The van der Waals surface area contributed by atoms with Crippen LogP contribution in [0.15, 0.2) is 48.8 Å². The number of pyridine rings is 1. The number of anilines is 1. The number of nitrogens with zero attached hydrogens (tertiary/aromatic N) is 2. The summed E-state index contributed by atoms with van der Waals surface area (Å²) in [5, 5.41) is 9.57. The molecule has 3 aromatic rings. The third-order valence-corrected chi connectivity index (χ3v) is 7.88. The van der Waals surface area contributed by atoms with Crippen molar-refractivity contribution in [3.05, 3.63) is 71.3 Å². The molecule has 1 aliphatic heterocycles. The number of benzene rings is 1. The molecule has 7 nitrogen and oxygen atoms in total. The first-order valence-corrected chi connectivity index (χ1v) is 13.5. The second kappa shape index (κ2) is 11.3. The average Bonchev–Trinajstić information content (AvgIpc) is 3.15. The fraction of sp³-hybridized carbons (Fsp3) is 0.433. The maximum atomic E-state index is 13.6. The van der Waals surface area contributed by atoms with Crippen molar-refractivity contribution in [2.75, 3.05) is 11.9 Å². The highest BCUT2D eigenvalue weighted by atomic mass is 16.2. The Hall–Kier alpha value is -3.45. The van der Waals surface area contributed by atoms with Gasteiger partial charge in [0.2, 0.25) is 5.91 Å². The maximum absolute atomic E-state index is 13.6. The molecule has 0 bridgehead atoms. The molecule has 2 amide bonds. The first-order valence-electron chi connectivity index (χ1n) is 13.5. The number of hydrogen-bond acceptors (Lipinski definition) is 4. The van der Waals surface area contributed by atoms with Crippen LogP contribution in [-0.2, 0) is 17.9 Å². The lowest BCUT2D eigenvalue weighted by atomic mass is 9.90. The third-order valence-electron chi connectivity index (χ3n) is 7.88. The zero-order valence-electron chi connectivity index (χ0n) is 21.8. The van der Waals surface area contributed by atoms with Gasteiger partial charge in [-0.2, -0.15) is 0 Å². The highest BCUT2D eigenvalue weighted by molar-refractivity contribution is 6.02. The van der Waals surface area contributed by atoms with E-state index in [0.717, 1.165) is 67.0 Å². The quantitative estimate of drug-likeness (QED) is 0.418. The Morgan fingerprint density at radius 2 is 1.78 bits per heavy atom. The van der Waals surface area contributed by atoms with E-state index in [1.807, 2.05) is 55.7 Å². The molecule has 1 unspecified atom stereocenters. The number of carbonyl (C=O) groups excluding carboxylic acids is 2. The molecular weight excluding hydrogens is 462 g/mol. The zero-order chi connectivity index (χ0) is 25.8. The third kappa shape index (κ3) is 5.62. The number of carbonyl (C=O) groups is 2. The predicted octanol–water partition coefficient (Wildman–Crippen LogP) is 4.98. The zero-order valence-corrected chi connectivity index (χ0v) is 21.8. The number of amides is 2. The summed E-state index contributed by atoms with van der Waals surface area (Å²) in [6.45, 7) is 6.50. The molecule has 1 atom stereocenters. The Labute approximate surface area is 219 Å². The van der Waals surface area contributed by atoms with E-state index in [-0.39, 0.29) is 17.7 Å². The normalized spacial score (nSPS) is 16.9. The molecule has 2 aliphatic rings. The van der Waals surface area contributed by atoms with Gasteiger partial charge < -0.3 is 20.5 Å². The van der Waals surface area contributed by atoms with Crippen molar-refractivity contribution in [3.8, 4) is 11.1 Å². The topological polar surface area (TPSA) is 88.1 Å². The molecule has 0 radical (unpaired) electrons. The summed E-state index contributed by atoms with van der Waals surface area (Å²) in [5.41, 5.74) is 6.72. The van der Waals surface area contributed by atoms with Gasteiger partial charge in [-0.05, 0) is 68.0 Å². The van der Waals surface area contributed by atoms with Crippen molar-refractivity contribution < 1.29 is 9.59 Å². The molecular formula is C30H37N5O2. The minimum absolute atomic E-state index is 0.128. The van der Waals surface area contributed by atoms with Gasteiger partial charge in [0.25, 0.3) is 5.91 Å². The lowest BCUT2D eigenvalue weighted by Gasteiger charge is -2.27. The van der Waals surface area contributed by atoms with Crippen LogP contribution in [0.2, 0.25) is 0 Å². The van der Waals surface area contributed by atoms with Crippen molar-refractivity contribution in [2.24, 2.45) is 5.92 Å². The largest absolute Gasteiger partial charge is 0.348 e. The summed E-state index contributed by atoms with van der Waals surface area (Å²) in [4.78, 5) is 31.5. The van der Waals surface area contributed by atoms with E-state index < -0.39 is 6.04 Å². The second-order valence-electron chi connectivity index (χ2n) is 10.4. The van der Waals surface area contributed by atoms with Crippen LogP contribution in [0.1, 0.15) is 65.8 Å². The van der Waals surface area contributed by atoms with Gasteiger partial charge in [0.15, 0.2) is 0 Å². The molecule has 1 saturated carbocycles. The molecule has 1 fully saturated rings. The van der Waals surface area contributed by atoms with Gasteiger partial charge in [0, 0.05) is 54.7 Å². The van der Waals surface area contributed by atoms with E-state index in [9.17, 15) is 9.59 Å². The van der Waals surface area contributed by atoms with Gasteiger partial charge in [0.1, 0.15) is 6.04 Å². The van der Waals surface area contributed by atoms with Crippen LogP contribution in [0.3, 0.4) is 0 Å². The lowest BCUT2D eigenvalue weighted by Crippen LogP contribution is -2.48. The first-order chi connectivity index (χ1) is 18.0. The molecule has 3 heterocycles. The van der Waals surface area contributed by atoms with Crippen molar-refractivity contribution in [2.45, 2.75) is 71.5 Å². The molecule has 0 spiro atoms. The summed E-state index contributed by atoms with van der Waals surface area (Å²) in [5.74, 6) is -0.185. The van der Waals surface area contributed by atoms with Crippen molar-refractivity contribution in [3.63, 3.8) is 0 Å². The molecule has 1 aliphatic carbocycles. The van der Waals surface area contributed by atoms with E-state index in [1.165, 1.54) is 18.4 Å². The first kappa shape index (κ1) is 25.2. The van der Waals surface area contributed by atoms with Crippen LogP contribution >= 0.6 is 0 Å². The molecule has 1 aromatic carbocycles. The lowest BCUT2D eigenvalue weighted by molar-refractivity contribution is -0.119. The van der Waals surface area contributed by atoms with E-state index >= 15 is 0 Å². The number of hydrogen-bond donors (Lipinski definition) is 3. The van der Waals surface area contributed by atoms with Crippen molar-refractivity contribution >= 4 is 17.5 Å². The van der Waals surface area contributed by atoms with E-state index in [0.29, 0.717) is 12.1 Å². The number of aromatic nitrogens is 2. The van der Waals surface area contributed by atoms with Gasteiger partial charge in [-0.25, -0.2) is 0 Å². The Kier molecular flexibility index (Phi) is 7.70. The highest BCUT2D eigenvalue weighted by Crippen LogP contribution is 2.29. The standard InChI is InChI=1S/C30H37N5O2/c1-20-13-15-32-21(2)27(20)22-9-11-24(12-10-22)33-30(37)28(23-7-5-3-4-6-8-23)34-29(36)25-14-17-35-18-16-31-19-26(25)35/h9-15,17,23,28,31H,3-8,16,18-19H2,1-2H3,(H,33,37)(H,34,36). The summed E-state index contributed by atoms with van der Waals surface area (Å²) < 4.78 is 2.12. The summed E-state index contributed by atoms with van der Waals surface area (Å²) in [6, 6.07) is 11.2. The van der Waals surface area contributed by atoms with Gasteiger partial charge in [0.05, 0.1) is 5.56 Å². The average molecular weight is 500 g/mol. The smallest absolute Gasteiger partial charge is 0.253 e. The SMILES string of the molecule is Cc1ccnc(C)c1-c1ccc(NC(=O)C(NC(=O)c2ccn3c2CNCC3)C2CCCCCC2)cc1. The number of rotatable bonds is 6. The van der Waals surface area contributed by atoms with Crippen LogP contribution in [0, 0.1) is 19.8 Å². The number of fused-ring (bicyclic) bond motifs is 1. The Morgan fingerprint density at radius 1 is 1.03 bits per heavy atom. The van der Waals surface area contributed by atoms with E-state index in [2.05, 4.69) is 32.4 Å². The van der Waals surface area contributed by atoms with Crippen molar-refractivity contribution in [1.82, 2.24) is 20.2 Å². The molecule has 37 heavy (non-hydrogen) atoms. The van der Waals surface area contributed by atoms with Crippen LogP contribution in [0.4, 0.5) is 5.69 Å². The Morgan fingerprint density at radius 3 is 2.51 bits per heavy atom. The minimum Gasteiger partial charge on any atom is -0.348 e. The molecule has 2 aromatic heterocycles. The van der Waals surface area contributed by atoms with E-state index in [1.54, 1.807) is 0 Å².